The number of nitrogens with two attached hydrogens (primary N) is 1. The van der Waals surface area contributed by atoms with E-state index in [2.05, 4.69) is 24.8 Å². The Morgan fingerprint density at radius 1 is 1.30 bits per heavy atom. The number of guanidine groups is 1. The van der Waals surface area contributed by atoms with Crippen LogP contribution in [-0.2, 0) is 6.54 Å². The third-order valence-corrected chi connectivity index (χ3v) is 4.47. The molecule has 0 atom stereocenters. The molecule has 2 N–H and O–H groups in total. The molecule has 0 aromatic carbocycles. The van der Waals surface area contributed by atoms with Gasteiger partial charge in [0.2, 0.25) is 0 Å². The molecule has 1 saturated heterocycles. The minimum atomic E-state index is 0. The van der Waals surface area contributed by atoms with E-state index >= 15 is 0 Å². The third-order valence-electron chi connectivity index (χ3n) is 3.64. The van der Waals surface area contributed by atoms with Gasteiger partial charge in [0.25, 0.3) is 0 Å². The average molecular weight is 444 g/mol. The second-order valence-electron chi connectivity index (χ2n) is 5.23. The van der Waals surface area contributed by atoms with Gasteiger partial charge < -0.3 is 15.5 Å². The summed E-state index contributed by atoms with van der Waals surface area (Å²) in [5, 5.41) is 3.09. The molecule has 6 nitrogen and oxygen atoms in total. The Hall–Kier alpha value is -1.42. The van der Waals surface area contributed by atoms with Gasteiger partial charge in [0.05, 0.1) is 12.2 Å². The highest BCUT2D eigenvalue weighted by atomic mass is 127. The minimum Gasteiger partial charge on any atom is -0.370 e. The number of aromatic nitrogens is 2. The quantitative estimate of drug-likeness (QED) is 0.446. The van der Waals surface area contributed by atoms with Gasteiger partial charge in [-0.3, -0.25) is 4.98 Å². The molecule has 0 bridgehead atoms. The first-order valence-corrected chi connectivity index (χ1v) is 8.22. The van der Waals surface area contributed by atoms with Crippen molar-refractivity contribution in [3.63, 3.8) is 0 Å². The molecule has 0 spiro atoms. The highest BCUT2D eigenvalue weighted by Gasteiger charge is 2.19. The molecule has 0 radical (unpaired) electrons. The molecule has 124 valence electrons. The Balaban J connectivity index is 0.00000192. The van der Waals surface area contributed by atoms with Gasteiger partial charge in [-0.05, 0) is 19.1 Å². The van der Waals surface area contributed by atoms with Crippen molar-refractivity contribution >= 4 is 46.4 Å². The molecule has 0 unspecified atom stereocenters. The first-order valence-electron chi connectivity index (χ1n) is 7.34. The summed E-state index contributed by atoms with van der Waals surface area (Å²) in [6, 6.07) is 5.95. The summed E-state index contributed by atoms with van der Waals surface area (Å²) >= 11 is 1.67. The Kier molecular flexibility index (Phi) is 6.58. The fraction of sp³-hybridized carbons (Fsp3) is 0.400. The summed E-state index contributed by atoms with van der Waals surface area (Å²) in [7, 11) is 0. The van der Waals surface area contributed by atoms with Gasteiger partial charge in [0.15, 0.2) is 11.1 Å². The fourth-order valence-electron chi connectivity index (χ4n) is 2.45. The zero-order valence-corrected chi connectivity index (χ0v) is 16.2. The van der Waals surface area contributed by atoms with Gasteiger partial charge in [0, 0.05) is 43.4 Å². The van der Waals surface area contributed by atoms with Gasteiger partial charge >= 0.3 is 0 Å². The number of nitrogens with zero attached hydrogens (tertiary/aromatic N) is 5. The van der Waals surface area contributed by atoms with E-state index < -0.39 is 0 Å². The SMILES string of the molecule is Cc1cccc(CN=C(N)N2CCN(c3nccs3)CC2)n1.I. The molecule has 2 aromatic heterocycles. The van der Waals surface area contributed by atoms with E-state index in [1.807, 2.05) is 36.7 Å². The van der Waals surface area contributed by atoms with Crippen molar-refractivity contribution in [2.45, 2.75) is 13.5 Å². The van der Waals surface area contributed by atoms with E-state index in [1.54, 1.807) is 11.3 Å². The van der Waals surface area contributed by atoms with Crippen LogP contribution in [0, 0.1) is 6.92 Å². The largest absolute Gasteiger partial charge is 0.370 e. The summed E-state index contributed by atoms with van der Waals surface area (Å²) in [5.41, 5.74) is 8.07. The second-order valence-corrected chi connectivity index (χ2v) is 6.11. The number of aryl methyl sites for hydroxylation is 1. The topological polar surface area (TPSA) is 70.6 Å². The van der Waals surface area contributed by atoms with Gasteiger partial charge in [-0.15, -0.1) is 35.3 Å². The van der Waals surface area contributed by atoms with Crippen LogP contribution in [0.25, 0.3) is 0 Å². The molecule has 1 fully saturated rings. The van der Waals surface area contributed by atoms with Crippen LogP contribution < -0.4 is 10.6 Å². The highest BCUT2D eigenvalue weighted by Crippen LogP contribution is 2.18. The van der Waals surface area contributed by atoms with Crippen molar-refractivity contribution in [1.29, 1.82) is 0 Å². The van der Waals surface area contributed by atoms with E-state index in [-0.39, 0.29) is 24.0 Å². The number of aliphatic imine (C=N–C) groups is 1. The molecule has 23 heavy (non-hydrogen) atoms. The Labute approximate surface area is 157 Å². The van der Waals surface area contributed by atoms with Crippen molar-refractivity contribution in [2.24, 2.45) is 10.7 Å². The molecule has 3 heterocycles. The Bertz CT molecular complexity index is 637. The first kappa shape index (κ1) is 17.9. The summed E-state index contributed by atoms with van der Waals surface area (Å²) in [4.78, 5) is 17.7. The van der Waals surface area contributed by atoms with Crippen LogP contribution in [0.4, 0.5) is 5.13 Å². The number of hydrogen-bond acceptors (Lipinski definition) is 5. The van der Waals surface area contributed by atoms with E-state index in [0.717, 1.165) is 42.7 Å². The van der Waals surface area contributed by atoms with E-state index in [0.29, 0.717) is 12.5 Å². The standard InChI is InChI=1S/C15H20N6S.HI/c1-12-3-2-4-13(19-12)11-18-14(16)20-6-8-21(9-7-20)15-17-5-10-22-15;/h2-5,10H,6-9,11H2,1H3,(H2,16,18);1H. The number of pyridine rings is 1. The monoisotopic (exact) mass is 444 g/mol. The van der Waals surface area contributed by atoms with Gasteiger partial charge in [-0.25, -0.2) is 9.98 Å². The molecular weight excluding hydrogens is 423 g/mol. The average Bonchev–Trinajstić information content (AvgIpc) is 3.07. The molecule has 0 amide bonds. The summed E-state index contributed by atoms with van der Waals surface area (Å²) in [6.07, 6.45) is 1.84. The van der Waals surface area contributed by atoms with Crippen LogP contribution in [0.3, 0.4) is 0 Å². The normalized spacial score (nSPS) is 15.4. The number of rotatable bonds is 3. The van der Waals surface area contributed by atoms with Gasteiger partial charge in [-0.1, -0.05) is 6.07 Å². The van der Waals surface area contributed by atoms with E-state index in [1.165, 1.54) is 0 Å². The third kappa shape index (κ3) is 4.77. The minimum absolute atomic E-state index is 0. The van der Waals surface area contributed by atoms with Crippen molar-refractivity contribution in [3.05, 3.63) is 41.2 Å². The highest BCUT2D eigenvalue weighted by molar-refractivity contribution is 14.0. The van der Waals surface area contributed by atoms with Crippen LogP contribution in [0.5, 0.6) is 0 Å². The molecule has 1 aliphatic heterocycles. The smallest absolute Gasteiger partial charge is 0.191 e. The first-order chi connectivity index (χ1) is 10.7. The predicted octanol–water partition coefficient (Wildman–Crippen LogP) is 2.10. The van der Waals surface area contributed by atoms with E-state index in [9.17, 15) is 0 Å². The molecule has 8 heteroatoms. The molecular formula is C15H21IN6S. The number of piperazine rings is 1. The Morgan fingerprint density at radius 2 is 2.09 bits per heavy atom. The van der Waals surface area contributed by atoms with Crippen molar-refractivity contribution in [1.82, 2.24) is 14.9 Å². The predicted molar refractivity (Wildman–Crippen MR) is 106 cm³/mol. The number of anilines is 1. The summed E-state index contributed by atoms with van der Waals surface area (Å²) < 4.78 is 0. The molecule has 0 saturated carbocycles. The van der Waals surface area contributed by atoms with Crippen LogP contribution in [0.15, 0.2) is 34.8 Å². The molecule has 0 aliphatic carbocycles. The van der Waals surface area contributed by atoms with Crippen LogP contribution in [0.2, 0.25) is 0 Å². The van der Waals surface area contributed by atoms with Crippen molar-refractivity contribution in [3.8, 4) is 0 Å². The van der Waals surface area contributed by atoms with Crippen molar-refractivity contribution in [2.75, 3.05) is 31.1 Å². The lowest BCUT2D eigenvalue weighted by atomic mass is 10.3. The number of hydrogen-bond donors (Lipinski definition) is 1. The number of halogens is 1. The zero-order chi connectivity index (χ0) is 15.4. The summed E-state index contributed by atoms with van der Waals surface area (Å²) in [6.45, 7) is 6.10. The van der Waals surface area contributed by atoms with Crippen LogP contribution >= 0.6 is 35.3 Å². The molecule has 3 rings (SSSR count). The number of thiazole rings is 1. The maximum Gasteiger partial charge on any atom is 0.191 e. The lowest BCUT2D eigenvalue weighted by molar-refractivity contribution is 0.380. The zero-order valence-electron chi connectivity index (χ0n) is 13.1. The fourth-order valence-corrected chi connectivity index (χ4v) is 3.15. The van der Waals surface area contributed by atoms with Crippen LogP contribution in [-0.4, -0.2) is 47.0 Å². The van der Waals surface area contributed by atoms with Gasteiger partial charge in [0.1, 0.15) is 0 Å². The molecule has 1 aliphatic rings. The summed E-state index contributed by atoms with van der Waals surface area (Å²) in [5.74, 6) is 0.599. The van der Waals surface area contributed by atoms with Crippen molar-refractivity contribution < 1.29 is 0 Å². The van der Waals surface area contributed by atoms with Crippen LogP contribution in [0.1, 0.15) is 11.4 Å². The maximum absolute atomic E-state index is 6.12. The molecule has 2 aromatic rings. The lowest BCUT2D eigenvalue weighted by Crippen LogP contribution is -2.51. The second kappa shape index (κ2) is 8.44. The lowest BCUT2D eigenvalue weighted by Gasteiger charge is -2.35. The van der Waals surface area contributed by atoms with Gasteiger partial charge in [-0.2, -0.15) is 0 Å². The maximum atomic E-state index is 6.12. The Morgan fingerprint density at radius 3 is 2.74 bits per heavy atom. The van der Waals surface area contributed by atoms with E-state index in [4.69, 9.17) is 5.73 Å².